The number of rotatable bonds is 11. The van der Waals surface area contributed by atoms with E-state index in [2.05, 4.69) is 43.4 Å². The van der Waals surface area contributed by atoms with Crippen molar-refractivity contribution in [3.63, 3.8) is 0 Å². The van der Waals surface area contributed by atoms with Crippen molar-refractivity contribution in [3.05, 3.63) is 35.4 Å². The lowest BCUT2D eigenvalue weighted by molar-refractivity contribution is 0.372. The molecular formula is C20H33N. The Labute approximate surface area is 131 Å². The molecule has 0 bridgehead atoms. The quantitative estimate of drug-likeness (QED) is 0.534. The van der Waals surface area contributed by atoms with Crippen LogP contribution < -0.4 is 5.32 Å². The summed E-state index contributed by atoms with van der Waals surface area (Å²) >= 11 is 0. The van der Waals surface area contributed by atoms with Crippen molar-refractivity contribution >= 4 is 0 Å². The molecule has 1 aromatic rings. The van der Waals surface area contributed by atoms with Crippen LogP contribution in [-0.2, 0) is 6.42 Å². The smallest absolute Gasteiger partial charge is 0.0139 e. The van der Waals surface area contributed by atoms with E-state index in [1.807, 2.05) is 0 Å². The lowest BCUT2D eigenvalue weighted by Gasteiger charge is -2.37. The van der Waals surface area contributed by atoms with Crippen LogP contribution in [0.25, 0.3) is 0 Å². The lowest BCUT2D eigenvalue weighted by atomic mass is 9.72. The maximum atomic E-state index is 3.74. The zero-order valence-corrected chi connectivity index (χ0v) is 14.0. The van der Waals surface area contributed by atoms with Crippen LogP contribution in [0.5, 0.6) is 0 Å². The third-order valence-electron chi connectivity index (χ3n) is 4.97. The van der Waals surface area contributed by atoms with E-state index in [0.717, 1.165) is 12.5 Å². The molecule has 2 unspecified atom stereocenters. The molecule has 1 nitrogen and oxygen atoms in total. The maximum Gasteiger partial charge on any atom is 0.0139 e. The fourth-order valence-corrected chi connectivity index (χ4v) is 3.69. The van der Waals surface area contributed by atoms with Crippen molar-refractivity contribution in [2.45, 2.75) is 83.6 Å². The molecule has 0 heterocycles. The van der Waals surface area contributed by atoms with Crippen LogP contribution in [0.3, 0.4) is 0 Å². The van der Waals surface area contributed by atoms with Crippen molar-refractivity contribution in [1.29, 1.82) is 0 Å². The fraction of sp³-hybridized carbons (Fsp3) is 0.700. The van der Waals surface area contributed by atoms with E-state index < -0.39 is 0 Å². The first-order chi connectivity index (χ1) is 10.4. The van der Waals surface area contributed by atoms with Gasteiger partial charge in [-0.2, -0.15) is 0 Å². The van der Waals surface area contributed by atoms with Gasteiger partial charge in [-0.15, -0.1) is 0 Å². The van der Waals surface area contributed by atoms with Gasteiger partial charge in [0, 0.05) is 12.0 Å². The van der Waals surface area contributed by atoms with Gasteiger partial charge in [-0.1, -0.05) is 83.1 Å². The molecule has 0 fully saturated rings. The number of fused-ring (bicyclic) bond motifs is 1. The van der Waals surface area contributed by atoms with Gasteiger partial charge in [-0.3, -0.25) is 0 Å². The van der Waals surface area contributed by atoms with E-state index in [1.165, 1.54) is 57.8 Å². The molecule has 1 aliphatic rings. The Kier molecular flexibility index (Phi) is 7.29. The molecule has 0 saturated heterocycles. The average molecular weight is 287 g/mol. The van der Waals surface area contributed by atoms with Gasteiger partial charge in [0.25, 0.3) is 0 Å². The number of hydrogen-bond donors (Lipinski definition) is 1. The van der Waals surface area contributed by atoms with Gasteiger partial charge >= 0.3 is 0 Å². The largest absolute Gasteiger partial charge is 0.314 e. The molecule has 0 radical (unpaired) electrons. The molecule has 21 heavy (non-hydrogen) atoms. The summed E-state index contributed by atoms with van der Waals surface area (Å²) in [4.78, 5) is 0. The molecule has 1 aromatic carbocycles. The van der Waals surface area contributed by atoms with Crippen LogP contribution in [-0.4, -0.2) is 12.6 Å². The number of likely N-dealkylation sites (N-methyl/N-ethyl adjacent to an activating group) is 1. The normalized spacial score (nSPS) is 18.1. The van der Waals surface area contributed by atoms with E-state index in [9.17, 15) is 0 Å². The Morgan fingerprint density at radius 2 is 1.71 bits per heavy atom. The number of nitrogens with one attached hydrogen (secondary N) is 1. The zero-order chi connectivity index (χ0) is 14.9. The molecule has 0 aliphatic heterocycles. The maximum absolute atomic E-state index is 3.74. The van der Waals surface area contributed by atoms with Crippen molar-refractivity contribution in [3.8, 4) is 0 Å². The summed E-state index contributed by atoms with van der Waals surface area (Å²) in [5.74, 6) is 0.765. The van der Waals surface area contributed by atoms with Gasteiger partial charge < -0.3 is 5.32 Å². The Hall–Kier alpha value is -0.820. The van der Waals surface area contributed by atoms with Gasteiger partial charge in [-0.25, -0.2) is 0 Å². The molecule has 1 aliphatic carbocycles. The molecule has 1 N–H and O–H groups in total. The Morgan fingerprint density at radius 3 is 2.43 bits per heavy atom. The standard InChI is InChI=1S/C20H33N/c1-3-5-6-7-8-9-10-15-20(21-4-2)19-16-17-13-11-12-14-18(17)19/h11-14,19-21H,3-10,15-16H2,1-2H3. The Bertz CT molecular complexity index is 399. The van der Waals surface area contributed by atoms with Crippen molar-refractivity contribution in [2.75, 3.05) is 6.54 Å². The van der Waals surface area contributed by atoms with Gasteiger partial charge in [0.05, 0.1) is 0 Å². The molecule has 2 rings (SSSR count). The molecule has 118 valence electrons. The van der Waals surface area contributed by atoms with Crippen LogP contribution in [0.2, 0.25) is 0 Å². The van der Waals surface area contributed by atoms with E-state index in [4.69, 9.17) is 0 Å². The van der Waals surface area contributed by atoms with Crippen LogP contribution in [0.15, 0.2) is 24.3 Å². The van der Waals surface area contributed by atoms with Crippen molar-refractivity contribution < 1.29 is 0 Å². The summed E-state index contributed by atoms with van der Waals surface area (Å²) in [6, 6.07) is 9.69. The van der Waals surface area contributed by atoms with Crippen molar-refractivity contribution in [1.82, 2.24) is 5.32 Å². The van der Waals surface area contributed by atoms with Gasteiger partial charge in [-0.05, 0) is 30.5 Å². The minimum absolute atomic E-state index is 0.695. The predicted molar refractivity (Wildman–Crippen MR) is 93.0 cm³/mol. The van der Waals surface area contributed by atoms with Gasteiger partial charge in [0.2, 0.25) is 0 Å². The Balaban J connectivity index is 1.69. The molecule has 1 heteroatoms. The van der Waals surface area contributed by atoms with E-state index in [0.29, 0.717) is 6.04 Å². The number of benzene rings is 1. The van der Waals surface area contributed by atoms with Crippen LogP contribution >= 0.6 is 0 Å². The molecule has 0 amide bonds. The second kappa shape index (κ2) is 9.25. The average Bonchev–Trinajstić information content (AvgIpc) is 2.47. The monoisotopic (exact) mass is 287 g/mol. The minimum Gasteiger partial charge on any atom is -0.314 e. The Morgan fingerprint density at radius 1 is 1.00 bits per heavy atom. The second-order valence-electron chi connectivity index (χ2n) is 6.58. The first-order valence-corrected chi connectivity index (χ1v) is 9.18. The molecule has 0 spiro atoms. The summed E-state index contributed by atoms with van der Waals surface area (Å²) in [6.45, 7) is 5.62. The summed E-state index contributed by atoms with van der Waals surface area (Å²) in [5.41, 5.74) is 3.18. The highest BCUT2D eigenvalue weighted by atomic mass is 14.9. The highest BCUT2D eigenvalue weighted by Crippen LogP contribution is 2.38. The summed E-state index contributed by atoms with van der Waals surface area (Å²) in [5, 5.41) is 3.74. The van der Waals surface area contributed by atoms with Gasteiger partial charge in [0.1, 0.15) is 0 Å². The van der Waals surface area contributed by atoms with E-state index >= 15 is 0 Å². The summed E-state index contributed by atoms with van der Waals surface area (Å²) in [6.07, 6.45) is 12.5. The summed E-state index contributed by atoms with van der Waals surface area (Å²) < 4.78 is 0. The fourth-order valence-electron chi connectivity index (χ4n) is 3.69. The molecule has 2 atom stereocenters. The SMILES string of the molecule is CCCCCCCCCC(NCC)C1Cc2ccccc21. The van der Waals surface area contributed by atoms with Crippen molar-refractivity contribution in [2.24, 2.45) is 0 Å². The highest BCUT2D eigenvalue weighted by Gasteiger charge is 2.31. The van der Waals surface area contributed by atoms with E-state index in [-0.39, 0.29) is 0 Å². The third-order valence-corrected chi connectivity index (χ3v) is 4.97. The number of hydrogen-bond acceptors (Lipinski definition) is 1. The van der Waals surface area contributed by atoms with Crippen LogP contribution in [0, 0.1) is 0 Å². The van der Waals surface area contributed by atoms with Crippen LogP contribution in [0.1, 0.15) is 82.3 Å². The molecule has 0 saturated carbocycles. The van der Waals surface area contributed by atoms with E-state index in [1.54, 1.807) is 11.1 Å². The minimum atomic E-state index is 0.695. The number of unbranched alkanes of at least 4 members (excludes halogenated alkanes) is 6. The lowest BCUT2D eigenvalue weighted by Crippen LogP contribution is -2.39. The molecular weight excluding hydrogens is 254 g/mol. The predicted octanol–water partition coefficient (Wildman–Crippen LogP) is 5.45. The first kappa shape index (κ1) is 16.5. The van der Waals surface area contributed by atoms with Crippen LogP contribution in [0.4, 0.5) is 0 Å². The summed E-state index contributed by atoms with van der Waals surface area (Å²) in [7, 11) is 0. The topological polar surface area (TPSA) is 12.0 Å². The first-order valence-electron chi connectivity index (χ1n) is 9.18. The van der Waals surface area contributed by atoms with Gasteiger partial charge in [0.15, 0.2) is 0 Å². The zero-order valence-electron chi connectivity index (χ0n) is 14.0. The second-order valence-corrected chi connectivity index (χ2v) is 6.58. The highest BCUT2D eigenvalue weighted by molar-refractivity contribution is 5.41. The third kappa shape index (κ3) is 4.85. The molecule has 0 aromatic heterocycles.